The van der Waals surface area contributed by atoms with Gasteiger partial charge in [0.25, 0.3) is 0 Å². The quantitative estimate of drug-likeness (QED) is 0.770. The molecule has 2 aliphatic rings. The first-order valence-electron chi connectivity index (χ1n) is 8.77. The number of aromatic amines is 1. The molecule has 25 heavy (non-hydrogen) atoms. The molecule has 0 aliphatic heterocycles. The first-order valence-corrected chi connectivity index (χ1v) is 8.77. The summed E-state index contributed by atoms with van der Waals surface area (Å²) < 4.78 is 0. The second-order valence-corrected chi connectivity index (χ2v) is 6.86. The van der Waals surface area contributed by atoms with Crippen LogP contribution >= 0.6 is 0 Å². The lowest BCUT2D eigenvalue weighted by Gasteiger charge is -2.27. The minimum atomic E-state index is 0.317. The van der Waals surface area contributed by atoms with Gasteiger partial charge in [0, 0.05) is 42.0 Å². The summed E-state index contributed by atoms with van der Waals surface area (Å²) in [5.74, 6) is 0.317. The van der Waals surface area contributed by atoms with Crippen LogP contribution in [0.15, 0.2) is 66.9 Å². The van der Waals surface area contributed by atoms with Gasteiger partial charge in [0.2, 0.25) is 0 Å². The highest BCUT2D eigenvalue weighted by Crippen LogP contribution is 2.30. The van der Waals surface area contributed by atoms with Gasteiger partial charge in [0.05, 0.1) is 0 Å². The summed E-state index contributed by atoms with van der Waals surface area (Å²) in [6, 6.07) is 21.6. The fourth-order valence-electron chi connectivity index (χ4n) is 4.16. The highest BCUT2D eigenvalue weighted by Gasteiger charge is 2.27. The Labute approximate surface area is 146 Å². The Hall–Kier alpha value is -3.00. The van der Waals surface area contributed by atoms with Crippen molar-refractivity contribution >= 4 is 23.4 Å². The molecule has 2 nitrogen and oxygen atoms in total. The van der Waals surface area contributed by atoms with Crippen molar-refractivity contribution in [2.75, 3.05) is 7.05 Å². The van der Waals surface area contributed by atoms with E-state index in [-0.39, 0.29) is 0 Å². The summed E-state index contributed by atoms with van der Waals surface area (Å²) >= 11 is 0. The zero-order valence-corrected chi connectivity index (χ0v) is 14.2. The molecule has 0 bridgehead atoms. The normalized spacial score (nSPS) is 17.2. The predicted molar refractivity (Wildman–Crippen MR) is 103 cm³/mol. The molecule has 0 radical (unpaired) electrons. The largest absolute Gasteiger partial charge is 0.372 e. The molecule has 1 N–H and O–H groups in total. The smallest absolute Gasteiger partial charge is 0.0455 e. The molecule has 0 saturated heterocycles. The van der Waals surface area contributed by atoms with E-state index in [9.17, 15) is 0 Å². The van der Waals surface area contributed by atoms with Crippen LogP contribution in [0.5, 0.6) is 0 Å². The molecule has 1 atom stereocenters. The fraction of sp³-hybridized carbons (Fsp3) is 0.130. The van der Waals surface area contributed by atoms with E-state index in [1.54, 1.807) is 0 Å². The van der Waals surface area contributed by atoms with Crippen LogP contribution in [0.1, 0.15) is 5.56 Å². The molecule has 2 heteroatoms. The van der Waals surface area contributed by atoms with Crippen molar-refractivity contribution in [3.8, 4) is 0 Å². The average molecular weight is 324 g/mol. The average Bonchev–Trinajstić information content (AvgIpc) is 3.22. The summed E-state index contributed by atoms with van der Waals surface area (Å²) in [5, 5.41) is 5.24. The number of nitrogens with zero attached hydrogens (tertiary/aromatic N) is 1. The molecule has 2 aromatic carbocycles. The van der Waals surface area contributed by atoms with E-state index >= 15 is 0 Å². The molecular weight excluding hydrogens is 304 g/mol. The van der Waals surface area contributed by atoms with Crippen molar-refractivity contribution in [1.29, 1.82) is 0 Å². The minimum absolute atomic E-state index is 0.317. The second-order valence-electron chi connectivity index (χ2n) is 6.86. The zero-order valence-electron chi connectivity index (χ0n) is 14.2. The van der Waals surface area contributed by atoms with E-state index in [2.05, 4.69) is 89.7 Å². The molecule has 3 aromatic rings. The van der Waals surface area contributed by atoms with E-state index in [1.807, 2.05) is 6.20 Å². The number of fused-ring (bicyclic) bond motifs is 3. The van der Waals surface area contributed by atoms with Gasteiger partial charge in [-0.15, -0.1) is 0 Å². The predicted octanol–water partition coefficient (Wildman–Crippen LogP) is 1.31. The summed E-state index contributed by atoms with van der Waals surface area (Å²) in [6.45, 7) is 0.916. The Kier molecular flexibility index (Phi) is 3.17. The van der Waals surface area contributed by atoms with Crippen LogP contribution in [0.4, 0.5) is 0 Å². The monoisotopic (exact) mass is 324 g/mol. The molecule has 2 aliphatic carbocycles. The third-order valence-corrected chi connectivity index (χ3v) is 5.27. The lowest BCUT2D eigenvalue weighted by Crippen LogP contribution is -2.31. The number of hydrogen-bond acceptors (Lipinski definition) is 1. The SMILES string of the molecule is CN(Cc1ccccc1)C1=c2ccccc2=C2C=c3cc[nH]c3=CC21. The van der Waals surface area contributed by atoms with Crippen LogP contribution in [0.3, 0.4) is 0 Å². The molecule has 0 spiro atoms. The number of hydrogen-bond donors (Lipinski definition) is 1. The van der Waals surface area contributed by atoms with Crippen molar-refractivity contribution in [3.63, 3.8) is 0 Å². The maximum absolute atomic E-state index is 3.37. The molecular formula is C23H20N2. The number of nitrogens with one attached hydrogen (secondary N) is 1. The Morgan fingerprint density at radius 3 is 2.52 bits per heavy atom. The fourth-order valence-corrected chi connectivity index (χ4v) is 4.16. The van der Waals surface area contributed by atoms with Gasteiger partial charge in [-0.3, -0.25) is 0 Å². The highest BCUT2D eigenvalue weighted by atomic mass is 15.1. The molecule has 1 heterocycles. The summed E-state index contributed by atoms with van der Waals surface area (Å²) in [4.78, 5) is 5.78. The van der Waals surface area contributed by atoms with E-state index in [4.69, 9.17) is 0 Å². The van der Waals surface area contributed by atoms with Crippen LogP contribution in [-0.2, 0) is 6.54 Å². The Morgan fingerprint density at radius 1 is 0.920 bits per heavy atom. The van der Waals surface area contributed by atoms with Gasteiger partial charge >= 0.3 is 0 Å². The van der Waals surface area contributed by atoms with E-state index in [0.717, 1.165) is 6.54 Å². The van der Waals surface area contributed by atoms with Crippen LogP contribution in [0.2, 0.25) is 0 Å². The van der Waals surface area contributed by atoms with Gasteiger partial charge in [-0.05, 0) is 39.8 Å². The van der Waals surface area contributed by atoms with Crippen LogP contribution in [0, 0.1) is 5.92 Å². The van der Waals surface area contributed by atoms with Crippen LogP contribution in [-0.4, -0.2) is 16.9 Å². The molecule has 1 unspecified atom stereocenters. The molecule has 5 rings (SSSR count). The van der Waals surface area contributed by atoms with Crippen molar-refractivity contribution in [2.45, 2.75) is 6.54 Å². The van der Waals surface area contributed by atoms with E-state index in [1.165, 1.54) is 37.8 Å². The standard InChI is InChI=1S/C23H20N2/c1-25(15-16-7-3-2-4-8-16)23-19-10-6-5-9-18(19)20-13-17-11-12-24-22(17)14-21(20)23/h2-14,21,24H,15H2,1H3. The van der Waals surface area contributed by atoms with Crippen LogP contribution < -0.4 is 21.0 Å². The Balaban J connectivity index is 1.69. The van der Waals surface area contributed by atoms with Gasteiger partial charge in [-0.1, -0.05) is 54.6 Å². The summed E-state index contributed by atoms with van der Waals surface area (Å²) in [6.07, 6.45) is 6.75. The Morgan fingerprint density at radius 2 is 1.68 bits per heavy atom. The summed E-state index contributed by atoms with van der Waals surface area (Å²) in [5.41, 5.74) is 4.15. The van der Waals surface area contributed by atoms with Crippen molar-refractivity contribution in [2.24, 2.45) is 5.92 Å². The first-order chi connectivity index (χ1) is 12.3. The maximum Gasteiger partial charge on any atom is 0.0455 e. The lowest BCUT2D eigenvalue weighted by atomic mass is 9.93. The number of aromatic nitrogens is 1. The zero-order chi connectivity index (χ0) is 16.8. The first kappa shape index (κ1) is 14.4. The van der Waals surface area contributed by atoms with Gasteiger partial charge in [0.15, 0.2) is 0 Å². The molecule has 1 aromatic heterocycles. The number of benzene rings is 2. The van der Waals surface area contributed by atoms with E-state index < -0.39 is 0 Å². The van der Waals surface area contributed by atoms with Crippen molar-refractivity contribution in [3.05, 3.63) is 93.4 Å². The van der Waals surface area contributed by atoms with Gasteiger partial charge in [-0.25, -0.2) is 0 Å². The third kappa shape index (κ3) is 2.25. The van der Waals surface area contributed by atoms with Gasteiger partial charge < -0.3 is 9.88 Å². The minimum Gasteiger partial charge on any atom is -0.372 e. The topological polar surface area (TPSA) is 19.0 Å². The molecule has 122 valence electrons. The maximum atomic E-state index is 3.37. The van der Waals surface area contributed by atoms with Gasteiger partial charge in [0.1, 0.15) is 0 Å². The summed E-state index contributed by atoms with van der Waals surface area (Å²) in [7, 11) is 2.21. The van der Waals surface area contributed by atoms with Crippen LogP contribution in [0.25, 0.3) is 23.4 Å². The van der Waals surface area contributed by atoms with E-state index in [0.29, 0.717) is 5.92 Å². The lowest BCUT2D eigenvalue weighted by molar-refractivity contribution is 0.455. The van der Waals surface area contributed by atoms with Gasteiger partial charge in [-0.2, -0.15) is 0 Å². The van der Waals surface area contributed by atoms with Crippen molar-refractivity contribution in [1.82, 2.24) is 9.88 Å². The molecule has 0 fully saturated rings. The molecule has 0 amide bonds. The van der Waals surface area contributed by atoms with Crippen molar-refractivity contribution < 1.29 is 0 Å². The third-order valence-electron chi connectivity index (χ3n) is 5.27. The second kappa shape index (κ2) is 5.52. The highest BCUT2D eigenvalue weighted by molar-refractivity contribution is 5.93. The number of rotatable bonds is 3. The Bertz CT molecular complexity index is 1180. The molecule has 0 saturated carbocycles. The number of H-pyrrole nitrogens is 1.